The van der Waals surface area contributed by atoms with Crippen molar-refractivity contribution in [3.63, 3.8) is 0 Å². The molecule has 0 fully saturated rings. The Balaban J connectivity index is 1.60. The van der Waals surface area contributed by atoms with Crippen LogP contribution in [0.1, 0.15) is 5.56 Å². The van der Waals surface area contributed by atoms with Crippen molar-refractivity contribution in [1.29, 1.82) is 5.26 Å². The Morgan fingerprint density at radius 1 is 0.967 bits per heavy atom. The topological polar surface area (TPSA) is 106 Å². The van der Waals surface area contributed by atoms with Gasteiger partial charge in [-0.05, 0) is 48.5 Å². The smallest absolute Gasteiger partial charge is 0.232 e. The van der Waals surface area contributed by atoms with Gasteiger partial charge in [-0.25, -0.2) is 9.97 Å². The molecule has 0 unspecified atom stereocenters. The first-order chi connectivity index (χ1) is 14.7. The highest BCUT2D eigenvalue weighted by atomic mass is 15.3. The summed E-state index contributed by atoms with van der Waals surface area (Å²) in [4.78, 5) is 15.6. The van der Waals surface area contributed by atoms with Crippen LogP contribution < -0.4 is 10.2 Å². The minimum atomic E-state index is 0.530. The Bertz CT molecular complexity index is 1400. The van der Waals surface area contributed by atoms with Crippen molar-refractivity contribution in [1.82, 2.24) is 25.1 Å². The third-order valence-corrected chi connectivity index (χ3v) is 4.85. The molecular weight excluding hydrogens is 376 g/mol. The van der Waals surface area contributed by atoms with Gasteiger partial charge in [-0.3, -0.25) is 5.10 Å². The second-order valence-electron chi connectivity index (χ2n) is 6.71. The molecule has 0 amide bonds. The molecule has 0 aliphatic carbocycles. The number of nitrogens with zero attached hydrogens (tertiary/aromatic N) is 6. The summed E-state index contributed by atoms with van der Waals surface area (Å²) in [6.45, 7) is 0. The zero-order valence-corrected chi connectivity index (χ0v) is 16.0. The van der Waals surface area contributed by atoms with Crippen LogP contribution in [0, 0.1) is 11.3 Å². The molecule has 3 heterocycles. The van der Waals surface area contributed by atoms with Crippen LogP contribution in [0.25, 0.3) is 21.9 Å². The molecule has 30 heavy (non-hydrogen) atoms. The zero-order chi connectivity index (χ0) is 20.5. The largest absolute Gasteiger partial charge is 0.324 e. The maximum Gasteiger partial charge on any atom is 0.232 e. The number of fused-ring (bicyclic) bond motifs is 2. The van der Waals surface area contributed by atoms with E-state index in [0.29, 0.717) is 28.8 Å². The Morgan fingerprint density at radius 3 is 2.60 bits per heavy atom. The van der Waals surface area contributed by atoms with Gasteiger partial charge in [0.25, 0.3) is 0 Å². The summed E-state index contributed by atoms with van der Waals surface area (Å²) in [5, 5.41) is 21.4. The molecule has 2 N–H and O–H groups in total. The van der Waals surface area contributed by atoms with Crippen molar-refractivity contribution >= 4 is 45.2 Å². The first kappa shape index (κ1) is 17.6. The third kappa shape index (κ3) is 3.04. The average molecular weight is 392 g/mol. The number of para-hydroxylation sites is 1. The SMILES string of the molecule is CN(c1ccc(C#N)cc1)c1nc(Nc2[nH]nc3ncccc23)c2ccccc2n1. The van der Waals surface area contributed by atoms with E-state index in [1.54, 1.807) is 18.3 Å². The quantitative estimate of drug-likeness (QED) is 0.470. The second kappa shape index (κ2) is 7.14. The molecule has 2 aromatic carbocycles. The van der Waals surface area contributed by atoms with Crippen LogP contribution in [-0.2, 0) is 0 Å². The number of aromatic nitrogens is 5. The van der Waals surface area contributed by atoms with Gasteiger partial charge in [-0.15, -0.1) is 0 Å². The standard InChI is InChI=1S/C22H16N8/c1-30(15-10-8-14(13-23)9-11-15)22-25-18-7-3-2-5-16(18)20(27-22)26-21-17-6-4-12-24-19(17)28-29-21/h2-12H,1H3,(H2,24,25,26,27,28,29). The molecular formula is C22H16N8. The van der Waals surface area contributed by atoms with Crippen LogP contribution in [0.2, 0.25) is 0 Å². The number of nitrogens with one attached hydrogen (secondary N) is 2. The minimum absolute atomic E-state index is 0.530. The van der Waals surface area contributed by atoms with Gasteiger partial charge in [0.2, 0.25) is 5.95 Å². The van der Waals surface area contributed by atoms with Crippen molar-refractivity contribution in [2.24, 2.45) is 0 Å². The van der Waals surface area contributed by atoms with E-state index in [4.69, 9.17) is 15.2 Å². The fraction of sp³-hybridized carbons (Fsp3) is 0.0455. The van der Waals surface area contributed by atoms with E-state index >= 15 is 0 Å². The highest BCUT2D eigenvalue weighted by molar-refractivity contribution is 5.95. The van der Waals surface area contributed by atoms with Gasteiger partial charge in [-0.1, -0.05) is 12.1 Å². The monoisotopic (exact) mass is 392 g/mol. The van der Waals surface area contributed by atoms with Crippen LogP contribution in [-0.4, -0.2) is 32.2 Å². The van der Waals surface area contributed by atoms with E-state index in [1.165, 1.54) is 0 Å². The summed E-state index contributed by atoms with van der Waals surface area (Å²) in [5.41, 5.74) is 2.93. The fourth-order valence-corrected chi connectivity index (χ4v) is 3.25. The predicted octanol–water partition coefficient (Wildman–Crippen LogP) is 4.28. The molecule has 5 aromatic rings. The molecule has 0 saturated heterocycles. The van der Waals surface area contributed by atoms with Crippen molar-refractivity contribution in [3.05, 3.63) is 72.4 Å². The lowest BCUT2D eigenvalue weighted by Crippen LogP contribution is -2.14. The molecule has 8 heteroatoms. The van der Waals surface area contributed by atoms with Crippen molar-refractivity contribution in [2.45, 2.75) is 0 Å². The third-order valence-electron chi connectivity index (χ3n) is 4.85. The van der Waals surface area contributed by atoms with E-state index in [2.05, 4.69) is 26.6 Å². The van der Waals surface area contributed by atoms with Gasteiger partial charge in [-0.2, -0.15) is 15.3 Å². The van der Waals surface area contributed by atoms with Gasteiger partial charge in [0, 0.05) is 24.3 Å². The predicted molar refractivity (Wildman–Crippen MR) is 116 cm³/mol. The molecule has 0 radical (unpaired) electrons. The molecule has 0 atom stereocenters. The number of hydrogen-bond donors (Lipinski definition) is 2. The first-order valence-electron chi connectivity index (χ1n) is 9.30. The lowest BCUT2D eigenvalue weighted by molar-refractivity contribution is 1.06. The van der Waals surface area contributed by atoms with E-state index in [9.17, 15) is 0 Å². The van der Waals surface area contributed by atoms with Crippen LogP contribution in [0.4, 0.5) is 23.3 Å². The van der Waals surface area contributed by atoms with Crippen molar-refractivity contribution in [3.8, 4) is 6.07 Å². The highest BCUT2D eigenvalue weighted by Crippen LogP contribution is 2.30. The number of pyridine rings is 1. The van der Waals surface area contributed by atoms with Crippen LogP contribution in [0.5, 0.6) is 0 Å². The van der Waals surface area contributed by atoms with Gasteiger partial charge < -0.3 is 10.2 Å². The Hall–Kier alpha value is -4.51. The molecule has 0 spiro atoms. The highest BCUT2D eigenvalue weighted by Gasteiger charge is 2.14. The Labute approximate surface area is 171 Å². The number of aromatic amines is 1. The molecule has 144 valence electrons. The van der Waals surface area contributed by atoms with Crippen LogP contribution >= 0.6 is 0 Å². The Kier molecular flexibility index (Phi) is 4.19. The molecule has 0 aliphatic rings. The maximum atomic E-state index is 9.03. The van der Waals surface area contributed by atoms with Gasteiger partial charge in [0.1, 0.15) is 11.6 Å². The van der Waals surface area contributed by atoms with Gasteiger partial charge >= 0.3 is 0 Å². The summed E-state index contributed by atoms with van der Waals surface area (Å²) < 4.78 is 0. The number of rotatable bonds is 4. The maximum absolute atomic E-state index is 9.03. The molecule has 5 rings (SSSR count). The normalized spacial score (nSPS) is 10.8. The lowest BCUT2D eigenvalue weighted by atomic mass is 10.2. The summed E-state index contributed by atoms with van der Waals surface area (Å²) in [6, 6.07) is 21.1. The van der Waals surface area contributed by atoms with Gasteiger partial charge in [0.05, 0.1) is 22.5 Å². The fourth-order valence-electron chi connectivity index (χ4n) is 3.25. The van der Waals surface area contributed by atoms with E-state index in [1.807, 2.05) is 60.5 Å². The summed E-state index contributed by atoms with van der Waals surface area (Å²) >= 11 is 0. The number of nitriles is 1. The summed E-state index contributed by atoms with van der Waals surface area (Å²) in [5.74, 6) is 1.90. The molecule has 0 saturated carbocycles. The van der Waals surface area contributed by atoms with Gasteiger partial charge in [0.15, 0.2) is 5.65 Å². The number of anilines is 4. The van der Waals surface area contributed by atoms with E-state index in [-0.39, 0.29) is 0 Å². The first-order valence-corrected chi connectivity index (χ1v) is 9.30. The van der Waals surface area contributed by atoms with E-state index in [0.717, 1.165) is 22.0 Å². The molecule has 0 aliphatic heterocycles. The van der Waals surface area contributed by atoms with E-state index < -0.39 is 0 Å². The molecule has 0 bridgehead atoms. The number of benzene rings is 2. The van der Waals surface area contributed by atoms with Crippen LogP contribution in [0.15, 0.2) is 66.9 Å². The van der Waals surface area contributed by atoms with Crippen molar-refractivity contribution < 1.29 is 0 Å². The number of H-pyrrole nitrogens is 1. The summed E-state index contributed by atoms with van der Waals surface area (Å²) in [6.07, 6.45) is 1.71. The average Bonchev–Trinajstić information content (AvgIpc) is 3.21. The molecule has 3 aromatic heterocycles. The van der Waals surface area contributed by atoms with Crippen molar-refractivity contribution in [2.75, 3.05) is 17.3 Å². The minimum Gasteiger partial charge on any atom is -0.324 e. The van der Waals surface area contributed by atoms with Crippen LogP contribution in [0.3, 0.4) is 0 Å². The lowest BCUT2D eigenvalue weighted by Gasteiger charge is -2.19. The Morgan fingerprint density at radius 2 is 1.77 bits per heavy atom. The summed E-state index contributed by atoms with van der Waals surface area (Å²) in [7, 11) is 1.89. The second-order valence-corrected chi connectivity index (χ2v) is 6.71. The molecule has 8 nitrogen and oxygen atoms in total. The number of hydrogen-bond acceptors (Lipinski definition) is 7. The zero-order valence-electron chi connectivity index (χ0n) is 16.0.